The Balaban J connectivity index is 1.81. The van der Waals surface area contributed by atoms with Gasteiger partial charge in [-0.2, -0.15) is 9.78 Å². The highest BCUT2D eigenvalue weighted by molar-refractivity contribution is 6.31. The lowest BCUT2D eigenvalue weighted by atomic mass is 10.2. The third-order valence-electron chi connectivity index (χ3n) is 4.15. The predicted octanol–water partition coefficient (Wildman–Crippen LogP) is 3.63. The maximum atomic E-state index is 12.8. The average Bonchev–Trinajstić information content (AvgIpc) is 3.00. The van der Waals surface area contributed by atoms with E-state index < -0.39 is 4.92 Å². The van der Waals surface area contributed by atoms with Crippen molar-refractivity contribution in [3.05, 3.63) is 79.3 Å². The number of non-ortho nitro benzene ring substituents is 1. The Labute approximate surface area is 156 Å². The molecule has 1 N–H and O–H groups in total. The molecule has 0 unspecified atom stereocenters. The Morgan fingerprint density at radius 1 is 1.26 bits per heavy atom. The number of nitro benzene ring substituents is 1. The fourth-order valence-electron chi connectivity index (χ4n) is 2.83. The second kappa shape index (κ2) is 6.33. The topological polar surface area (TPSA) is 106 Å². The highest BCUT2D eigenvalue weighted by atomic mass is 35.5. The van der Waals surface area contributed by atoms with E-state index in [9.17, 15) is 14.9 Å². The Morgan fingerprint density at radius 2 is 2.00 bits per heavy atom. The SMILES string of the molecule is Cc1nc2c([nH]c3ccc(Cl)cc32)c(=O)n1/N=C\c1ccc([N+](=O)[O-])cc1. The van der Waals surface area contributed by atoms with Crippen LogP contribution in [-0.2, 0) is 0 Å². The molecule has 8 nitrogen and oxygen atoms in total. The first-order chi connectivity index (χ1) is 12.9. The van der Waals surface area contributed by atoms with Gasteiger partial charge in [0.2, 0.25) is 0 Å². The maximum Gasteiger partial charge on any atom is 0.298 e. The van der Waals surface area contributed by atoms with E-state index in [0.29, 0.717) is 27.4 Å². The number of nitro groups is 1. The number of benzene rings is 2. The van der Waals surface area contributed by atoms with E-state index in [1.165, 1.54) is 23.0 Å². The molecule has 0 spiro atoms. The Morgan fingerprint density at radius 3 is 2.70 bits per heavy atom. The quantitative estimate of drug-likeness (QED) is 0.332. The van der Waals surface area contributed by atoms with Crippen LogP contribution in [0.4, 0.5) is 5.69 Å². The number of fused-ring (bicyclic) bond motifs is 3. The highest BCUT2D eigenvalue weighted by Crippen LogP contribution is 2.25. The van der Waals surface area contributed by atoms with Crippen LogP contribution in [0, 0.1) is 17.0 Å². The lowest BCUT2D eigenvalue weighted by Gasteiger charge is -2.03. The first-order valence-corrected chi connectivity index (χ1v) is 8.31. The average molecular weight is 382 g/mol. The lowest BCUT2D eigenvalue weighted by molar-refractivity contribution is -0.384. The van der Waals surface area contributed by atoms with Crippen molar-refractivity contribution in [2.24, 2.45) is 5.10 Å². The molecule has 0 aliphatic carbocycles. The Bertz CT molecular complexity index is 1290. The number of nitrogens with zero attached hydrogens (tertiary/aromatic N) is 4. The number of aromatic nitrogens is 3. The summed E-state index contributed by atoms with van der Waals surface area (Å²) in [7, 11) is 0. The summed E-state index contributed by atoms with van der Waals surface area (Å²) in [5, 5.41) is 16.2. The van der Waals surface area contributed by atoms with E-state index >= 15 is 0 Å². The lowest BCUT2D eigenvalue weighted by Crippen LogP contribution is -2.20. The summed E-state index contributed by atoms with van der Waals surface area (Å²) < 4.78 is 1.18. The first-order valence-electron chi connectivity index (χ1n) is 7.93. The van der Waals surface area contributed by atoms with Crippen LogP contribution in [0.25, 0.3) is 21.9 Å². The van der Waals surface area contributed by atoms with Crippen molar-refractivity contribution in [3.63, 3.8) is 0 Å². The molecule has 2 heterocycles. The van der Waals surface area contributed by atoms with E-state index in [2.05, 4.69) is 15.1 Å². The van der Waals surface area contributed by atoms with Gasteiger partial charge in [-0.05, 0) is 42.8 Å². The molecule has 0 atom stereocenters. The number of hydrogen-bond acceptors (Lipinski definition) is 5. The zero-order valence-electron chi connectivity index (χ0n) is 14.0. The summed E-state index contributed by atoms with van der Waals surface area (Å²) >= 11 is 6.04. The molecule has 0 saturated carbocycles. The van der Waals surface area contributed by atoms with Crippen LogP contribution >= 0.6 is 11.6 Å². The summed E-state index contributed by atoms with van der Waals surface area (Å²) in [5.74, 6) is 0.409. The van der Waals surface area contributed by atoms with Gasteiger partial charge < -0.3 is 4.98 Å². The summed E-state index contributed by atoms with van der Waals surface area (Å²) in [6.45, 7) is 1.68. The third kappa shape index (κ3) is 2.96. The van der Waals surface area contributed by atoms with Crippen LogP contribution in [0.3, 0.4) is 0 Å². The monoisotopic (exact) mass is 381 g/mol. The number of hydrogen-bond donors (Lipinski definition) is 1. The van der Waals surface area contributed by atoms with E-state index in [0.717, 1.165) is 10.9 Å². The summed E-state index contributed by atoms with van der Waals surface area (Å²) in [6, 6.07) is 11.1. The van der Waals surface area contributed by atoms with Crippen LogP contribution < -0.4 is 5.56 Å². The van der Waals surface area contributed by atoms with Gasteiger partial charge in [-0.1, -0.05) is 11.6 Å². The minimum absolute atomic E-state index is 0.0136. The number of nitrogens with one attached hydrogen (secondary N) is 1. The standard InChI is InChI=1S/C18H12ClN5O3/c1-10-21-16-14-8-12(19)4-7-15(14)22-17(16)18(25)23(10)20-9-11-2-5-13(6-3-11)24(26)27/h2-9,22H,1H3/b20-9-. The number of rotatable bonds is 3. The number of aromatic amines is 1. The van der Waals surface area contributed by atoms with E-state index in [1.807, 2.05) is 0 Å². The molecule has 4 aromatic rings. The van der Waals surface area contributed by atoms with Crippen molar-refractivity contribution in [1.82, 2.24) is 14.6 Å². The molecule has 0 radical (unpaired) electrons. The second-order valence-corrected chi connectivity index (χ2v) is 6.34. The molecular formula is C18H12ClN5O3. The molecule has 0 saturated heterocycles. The summed E-state index contributed by atoms with van der Waals surface area (Å²) in [5.41, 5.74) is 1.89. The minimum Gasteiger partial charge on any atom is -0.349 e. The zero-order chi connectivity index (χ0) is 19.1. The van der Waals surface area contributed by atoms with Gasteiger partial charge in [-0.15, -0.1) is 0 Å². The van der Waals surface area contributed by atoms with E-state index in [1.54, 1.807) is 37.3 Å². The predicted molar refractivity (Wildman–Crippen MR) is 104 cm³/mol. The molecule has 0 amide bonds. The van der Waals surface area contributed by atoms with E-state index in [-0.39, 0.29) is 11.2 Å². The molecular weight excluding hydrogens is 370 g/mol. The molecule has 4 rings (SSSR count). The van der Waals surface area contributed by atoms with Gasteiger partial charge in [0.05, 0.1) is 11.1 Å². The fourth-order valence-corrected chi connectivity index (χ4v) is 3.00. The van der Waals surface area contributed by atoms with Crippen LogP contribution in [0.15, 0.2) is 52.4 Å². The van der Waals surface area contributed by atoms with Crippen molar-refractivity contribution >= 4 is 45.4 Å². The molecule has 27 heavy (non-hydrogen) atoms. The first kappa shape index (κ1) is 16.9. The molecule has 134 valence electrons. The Kier molecular flexibility index (Phi) is 3.97. The van der Waals surface area contributed by atoms with Crippen molar-refractivity contribution in [2.75, 3.05) is 0 Å². The Hall–Kier alpha value is -3.52. The molecule has 2 aromatic carbocycles. The van der Waals surface area contributed by atoms with E-state index in [4.69, 9.17) is 11.6 Å². The zero-order valence-corrected chi connectivity index (χ0v) is 14.8. The summed E-state index contributed by atoms with van der Waals surface area (Å²) in [4.78, 5) is 30.6. The van der Waals surface area contributed by atoms with Crippen LogP contribution in [0.5, 0.6) is 0 Å². The fraction of sp³-hybridized carbons (Fsp3) is 0.0556. The molecule has 0 aliphatic rings. The van der Waals surface area contributed by atoms with Gasteiger partial charge in [0.15, 0.2) is 0 Å². The molecule has 2 aromatic heterocycles. The third-order valence-corrected chi connectivity index (χ3v) is 4.38. The van der Waals surface area contributed by atoms with Crippen LogP contribution in [0.2, 0.25) is 5.02 Å². The summed E-state index contributed by atoms with van der Waals surface area (Å²) in [6.07, 6.45) is 1.45. The molecule has 0 aliphatic heterocycles. The largest absolute Gasteiger partial charge is 0.349 e. The number of aryl methyl sites for hydroxylation is 1. The van der Waals surface area contributed by atoms with Gasteiger partial charge >= 0.3 is 0 Å². The van der Waals surface area contributed by atoms with Crippen molar-refractivity contribution in [2.45, 2.75) is 6.92 Å². The van der Waals surface area contributed by atoms with Gasteiger partial charge in [0.1, 0.15) is 16.9 Å². The van der Waals surface area contributed by atoms with Gasteiger partial charge in [-0.25, -0.2) is 4.98 Å². The highest BCUT2D eigenvalue weighted by Gasteiger charge is 2.13. The van der Waals surface area contributed by atoms with Crippen molar-refractivity contribution in [1.29, 1.82) is 0 Å². The van der Waals surface area contributed by atoms with Gasteiger partial charge in [0.25, 0.3) is 11.2 Å². The normalized spacial score (nSPS) is 11.6. The molecule has 9 heteroatoms. The van der Waals surface area contributed by atoms with Crippen molar-refractivity contribution in [3.8, 4) is 0 Å². The molecule has 0 bridgehead atoms. The van der Waals surface area contributed by atoms with Gasteiger partial charge in [-0.3, -0.25) is 14.9 Å². The second-order valence-electron chi connectivity index (χ2n) is 5.91. The smallest absolute Gasteiger partial charge is 0.298 e. The number of H-pyrrole nitrogens is 1. The van der Waals surface area contributed by atoms with Crippen LogP contribution in [0.1, 0.15) is 11.4 Å². The van der Waals surface area contributed by atoms with Gasteiger partial charge in [0, 0.05) is 28.1 Å². The maximum absolute atomic E-state index is 12.8. The van der Waals surface area contributed by atoms with Crippen molar-refractivity contribution < 1.29 is 4.92 Å². The molecule has 0 fully saturated rings. The minimum atomic E-state index is -0.477. The number of halogens is 1. The van der Waals surface area contributed by atoms with Crippen LogP contribution in [-0.4, -0.2) is 25.8 Å².